The van der Waals surface area contributed by atoms with Crippen LogP contribution < -0.4 is 10.0 Å². The van der Waals surface area contributed by atoms with Crippen LogP contribution in [0.15, 0.2) is 47.4 Å². The average Bonchev–Trinajstić information content (AvgIpc) is 2.75. The van der Waals surface area contributed by atoms with Crippen molar-refractivity contribution in [3.63, 3.8) is 0 Å². The van der Waals surface area contributed by atoms with E-state index in [9.17, 15) is 22.4 Å². The summed E-state index contributed by atoms with van der Waals surface area (Å²) in [6.07, 6.45) is 0.720. The van der Waals surface area contributed by atoms with Gasteiger partial charge in [0, 0.05) is 30.4 Å². The van der Waals surface area contributed by atoms with Gasteiger partial charge >= 0.3 is 6.09 Å². The molecular weight excluding hydrogens is 425 g/mol. The van der Waals surface area contributed by atoms with Crippen molar-refractivity contribution in [1.29, 1.82) is 0 Å². The lowest BCUT2D eigenvalue weighted by Gasteiger charge is -2.31. The van der Waals surface area contributed by atoms with Crippen LogP contribution in [0.5, 0.6) is 0 Å². The van der Waals surface area contributed by atoms with Gasteiger partial charge in [0.25, 0.3) is 5.91 Å². The minimum Gasteiger partial charge on any atom is -0.453 e. The molecular formula is C21H24FN3O5S. The van der Waals surface area contributed by atoms with E-state index in [4.69, 9.17) is 4.74 Å². The van der Waals surface area contributed by atoms with Crippen LogP contribution in [0.1, 0.15) is 28.8 Å². The molecule has 1 fully saturated rings. The van der Waals surface area contributed by atoms with E-state index in [1.807, 2.05) is 0 Å². The molecule has 1 heterocycles. The van der Waals surface area contributed by atoms with Crippen molar-refractivity contribution in [3.8, 4) is 0 Å². The maximum Gasteiger partial charge on any atom is 0.409 e. The summed E-state index contributed by atoms with van der Waals surface area (Å²) in [5, 5.41) is 2.63. The van der Waals surface area contributed by atoms with E-state index in [1.165, 1.54) is 54.5 Å². The van der Waals surface area contributed by atoms with E-state index < -0.39 is 28.1 Å². The third-order valence-electron chi connectivity index (χ3n) is 5.00. The number of sulfonamides is 1. The number of methoxy groups -OCH3 is 1. The van der Waals surface area contributed by atoms with Gasteiger partial charge in [-0.2, -0.15) is 0 Å². The molecule has 2 amide bonds. The molecule has 1 aliphatic rings. The summed E-state index contributed by atoms with van der Waals surface area (Å²) in [5.74, 6) is -0.900. The lowest BCUT2D eigenvalue weighted by Crippen LogP contribution is -2.49. The number of likely N-dealkylation sites (tertiary alicyclic amines) is 1. The van der Waals surface area contributed by atoms with Gasteiger partial charge in [-0.25, -0.2) is 22.3 Å². The Morgan fingerprint density at radius 3 is 2.68 bits per heavy atom. The molecule has 166 valence electrons. The summed E-state index contributed by atoms with van der Waals surface area (Å²) in [5.41, 5.74) is 0.928. The first kappa shape index (κ1) is 22.7. The number of aryl methyl sites for hydroxylation is 1. The molecule has 1 saturated heterocycles. The van der Waals surface area contributed by atoms with Crippen LogP contribution in [0.2, 0.25) is 0 Å². The fourth-order valence-electron chi connectivity index (χ4n) is 3.39. The second-order valence-electron chi connectivity index (χ2n) is 7.32. The van der Waals surface area contributed by atoms with Gasteiger partial charge in [0.1, 0.15) is 5.82 Å². The van der Waals surface area contributed by atoms with Crippen molar-refractivity contribution < 1.29 is 27.1 Å². The van der Waals surface area contributed by atoms with E-state index in [-0.39, 0.29) is 22.8 Å². The van der Waals surface area contributed by atoms with Crippen molar-refractivity contribution in [2.24, 2.45) is 0 Å². The third-order valence-corrected chi connectivity index (χ3v) is 6.52. The molecule has 2 N–H and O–H groups in total. The number of hydrogen-bond donors (Lipinski definition) is 2. The number of nitrogens with zero attached hydrogens (tertiary/aromatic N) is 1. The number of nitrogens with one attached hydrogen (secondary N) is 2. The molecule has 0 bridgehead atoms. The van der Waals surface area contributed by atoms with Crippen molar-refractivity contribution >= 4 is 27.7 Å². The van der Waals surface area contributed by atoms with Crippen LogP contribution in [-0.2, 0) is 14.8 Å². The summed E-state index contributed by atoms with van der Waals surface area (Å²) < 4.78 is 46.4. The van der Waals surface area contributed by atoms with Gasteiger partial charge < -0.3 is 15.0 Å². The van der Waals surface area contributed by atoms with Crippen LogP contribution in [-0.4, -0.2) is 51.6 Å². The summed E-state index contributed by atoms with van der Waals surface area (Å²) in [7, 11) is -2.64. The van der Waals surface area contributed by atoms with Gasteiger partial charge in [-0.3, -0.25) is 4.79 Å². The lowest BCUT2D eigenvalue weighted by molar-refractivity contribution is 0.102. The first-order chi connectivity index (χ1) is 14.7. The number of carbonyl (C=O) groups excluding carboxylic acids is 2. The first-order valence-corrected chi connectivity index (χ1v) is 11.2. The number of ether oxygens (including phenoxy) is 1. The molecule has 0 radical (unpaired) electrons. The Labute approximate surface area is 180 Å². The molecule has 1 aliphatic heterocycles. The van der Waals surface area contributed by atoms with Gasteiger partial charge in [-0.1, -0.05) is 6.07 Å². The number of amides is 2. The van der Waals surface area contributed by atoms with Gasteiger partial charge in [0.2, 0.25) is 10.0 Å². The largest absolute Gasteiger partial charge is 0.453 e. The SMILES string of the molecule is COC(=O)N1CCCC(NS(=O)(=O)c2cccc(C(=O)Nc3ccc(F)c(C)c3)c2)C1. The van der Waals surface area contributed by atoms with E-state index >= 15 is 0 Å². The monoisotopic (exact) mass is 449 g/mol. The number of anilines is 1. The minimum absolute atomic E-state index is 0.0642. The Kier molecular flexibility index (Phi) is 6.91. The highest BCUT2D eigenvalue weighted by Crippen LogP contribution is 2.18. The number of piperidine rings is 1. The van der Waals surface area contributed by atoms with Crippen LogP contribution in [0.3, 0.4) is 0 Å². The molecule has 2 aromatic rings. The van der Waals surface area contributed by atoms with Crippen LogP contribution in [0.4, 0.5) is 14.9 Å². The average molecular weight is 450 g/mol. The van der Waals surface area contributed by atoms with E-state index in [2.05, 4.69) is 10.0 Å². The van der Waals surface area contributed by atoms with Crippen LogP contribution in [0, 0.1) is 12.7 Å². The Morgan fingerprint density at radius 2 is 1.97 bits per heavy atom. The maximum absolute atomic E-state index is 13.4. The zero-order valence-corrected chi connectivity index (χ0v) is 18.0. The van der Waals surface area contributed by atoms with Crippen molar-refractivity contribution in [2.45, 2.75) is 30.7 Å². The maximum atomic E-state index is 13.4. The normalized spacial score (nSPS) is 16.6. The second-order valence-corrected chi connectivity index (χ2v) is 9.04. The van der Waals surface area contributed by atoms with Crippen LogP contribution >= 0.6 is 0 Å². The molecule has 8 nitrogen and oxygen atoms in total. The van der Waals surface area contributed by atoms with Gasteiger partial charge in [0.05, 0.1) is 12.0 Å². The number of rotatable bonds is 5. The molecule has 1 atom stereocenters. The number of hydrogen-bond acceptors (Lipinski definition) is 5. The fraction of sp³-hybridized carbons (Fsp3) is 0.333. The van der Waals surface area contributed by atoms with E-state index in [0.717, 1.165) is 0 Å². The molecule has 3 rings (SSSR count). The Morgan fingerprint density at radius 1 is 1.19 bits per heavy atom. The molecule has 0 aliphatic carbocycles. The highest BCUT2D eigenvalue weighted by molar-refractivity contribution is 7.89. The number of carbonyl (C=O) groups is 2. The van der Waals surface area contributed by atoms with Crippen LogP contribution in [0.25, 0.3) is 0 Å². The molecule has 10 heteroatoms. The minimum atomic E-state index is -3.92. The van der Waals surface area contributed by atoms with E-state index in [0.29, 0.717) is 30.6 Å². The predicted molar refractivity (Wildman–Crippen MR) is 113 cm³/mol. The van der Waals surface area contributed by atoms with Gasteiger partial charge in [0.15, 0.2) is 0 Å². The summed E-state index contributed by atoms with van der Waals surface area (Å²) in [6, 6.07) is 9.33. The zero-order valence-electron chi connectivity index (χ0n) is 17.2. The second kappa shape index (κ2) is 9.44. The predicted octanol–water partition coefficient (Wildman–Crippen LogP) is 2.90. The lowest BCUT2D eigenvalue weighted by atomic mass is 10.1. The molecule has 1 unspecified atom stereocenters. The van der Waals surface area contributed by atoms with Crippen molar-refractivity contribution in [2.75, 3.05) is 25.5 Å². The van der Waals surface area contributed by atoms with Crippen molar-refractivity contribution in [1.82, 2.24) is 9.62 Å². The third kappa shape index (κ3) is 5.59. The van der Waals surface area contributed by atoms with Gasteiger partial charge in [-0.15, -0.1) is 0 Å². The quantitative estimate of drug-likeness (QED) is 0.730. The standard InChI is InChI=1S/C21H24FN3O5S/c1-14-11-16(8-9-19(14)22)23-20(26)15-5-3-7-18(12-15)31(28,29)24-17-6-4-10-25(13-17)21(27)30-2/h3,5,7-9,11-12,17,24H,4,6,10,13H2,1-2H3,(H,23,26). The number of benzene rings is 2. The molecule has 0 aromatic heterocycles. The Balaban J connectivity index is 1.72. The molecule has 2 aromatic carbocycles. The summed E-state index contributed by atoms with van der Waals surface area (Å²) >= 11 is 0. The first-order valence-electron chi connectivity index (χ1n) is 9.72. The zero-order chi connectivity index (χ0) is 22.6. The highest BCUT2D eigenvalue weighted by atomic mass is 32.2. The van der Waals surface area contributed by atoms with E-state index in [1.54, 1.807) is 6.92 Å². The Bertz CT molecular complexity index is 1090. The van der Waals surface area contributed by atoms with Crippen molar-refractivity contribution in [3.05, 3.63) is 59.4 Å². The molecule has 0 spiro atoms. The molecule has 31 heavy (non-hydrogen) atoms. The highest BCUT2D eigenvalue weighted by Gasteiger charge is 2.28. The topological polar surface area (TPSA) is 105 Å². The van der Waals surface area contributed by atoms with Gasteiger partial charge in [-0.05, 0) is 61.7 Å². The Hall–Kier alpha value is -2.98. The molecule has 0 saturated carbocycles. The number of halogens is 1. The summed E-state index contributed by atoms with van der Waals surface area (Å²) in [6.45, 7) is 2.29. The smallest absolute Gasteiger partial charge is 0.409 e. The summed E-state index contributed by atoms with van der Waals surface area (Å²) in [4.78, 5) is 25.7. The fourth-order valence-corrected chi connectivity index (χ4v) is 4.69.